The van der Waals surface area contributed by atoms with Crippen molar-refractivity contribution in [3.05, 3.63) is 100 Å². The molecule has 7 heteroatoms. The zero-order valence-corrected chi connectivity index (χ0v) is 27.9. The number of carbonyl (C=O) groups excluding carboxylic acids is 2. The number of aryl methyl sites for hydroxylation is 1. The lowest BCUT2D eigenvalue weighted by atomic mass is 9.82. The second kappa shape index (κ2) is 13.4. The van der Waals surface area contributed by atoms with Gasteiger partial charge in [-0.1, -0.05) is 73.8 Å². The molecule has 5 rings (SSSR count). The monoisotopic (exact) mass is 695 g/mol. The summed E-state index contributed by atoms with van der Waals surface area (Å²) in [5, 5.41) is 3.16. The van der Waals surface area contributed by atoms with Crippen LogP contribution in [0.25, 0.3) is 0 Å². The first-order valence-corrected chi connectivity index (χ1v) is 18.0. The smallest absolute Gasteiger partial charge is 0.257 e. The van der Waals surface area contributed by atoms with E-state index in [0.29, 0.717) is 24.9 Å². The van der Waals surface area contributed by atoms with Gasteiger partial charge in [0.2, 0.25) is 5.91 Å². The molecule has 43 heavy (non-hydrogen) atoms. The van der Waals surface area contributed by atoms with E-state index in [1.807, 2.05) is 18.2 Å². The first kappa shape index (κ1) is 31.5. The second-order valence-corrected chi connectivity index (χ2v) is 15.6. The van der Waals surface area contributed by atoms with Crippen molar-refractivity contribution in [2.45, 2.75) is 68.9 Å². The molecule has 0 saturated carbocycles. The lowest BCUT2D eigenvalue weighted by molar-refractivity contribution is -0.123. The summed E-state index contributed by atoms with van der Waals surface area (Å²) in [6.07, 6.45) is 2.54. The van der Waals surface area contributed by atoms with Gasteiger partial charge in [0.15, 0.2) is 0 Å². The van der Waals surface area contributed by atoms with Gasteiger partial charge in [-0.2, -0.15) is 0 Å². The molecule has 2 fully saturated rings. The number of benzene rings is 3. The normalized spacial score (nSPS) is 21.1. The molecule has 5 nitrogen and oxygen atoms in total. The minimum atomic E-state index is -0.529. The Labute approximate surface area is 265 Å². The minimum Gasteiger partial charge on any atom is -0.331 e. The van der Waals surface area contributed by atoms with Crippen LogP contribution in [0.1, 0.15) is 78.7 Å². The first-order valence-electron chi connectivity index (χ1n) is 15.2. The van der Waals surface area contributed by atoms with E-state index < -0.39 is 17.8 Å². The molecule has 2 aliphatic rings. The van der Waals surface area contributed by atoms with Crippen LogP contribution in [-0.2, 0) is 16.8 Å². The van der Waals surface area contributed by atoms with Gasteiger partial charge in [0.05, 0.1) is 17.5 Å². The molecule has 3 aromatic rings. The Bertz CT molecular complexity index is 1460. The molecule has 3 aromatic carbocycles. The third-order valence-electron chi connectivity index (χ3n) is 8.82. The number of nitrogens with zero attached hydrogens (tertiary/aromatic N) is 2. The van der Waals surface area contributed by atoms with Gasteiger partial charge in [0, 0.05) is 29.2 Å². The molecular weight excluding hydrogens is 652 g/mol. The van der Waals surface area contributed by atoms with Crippen LogP contribution in [0.2, 0.25) is 0 Å². The van der Waals surface area contributed by atoms with E-state index in [9.17, 15) is 9.59 Å². The number of amides is 2. The van der Waals surface area contributed by atoms with Crippen LogP contribution >= 0.6 is 20.7 Å². The Kier molecular flexibility index (Phi) is 9.81. The summed E-state index contributed by atoms with van der Waals surface area (Å²) in [4.78, 5) is 32.2. The molecule has 2 aliphatic heterocycles. The maximum Gasteiger partial charge on any atom is 0.257 e. The summed E-state index contributed by atoms with van der Waals surface area (Å²) in [5.41, 5.74) is 4.62. The Morgan fingerprint density at radius 3 is 2.44 bits per heavy atom. The van der Waals surface area contributed by atoms with Crippen LogP contribution in [-0.4, -0.2) is 49.7 Å². The van der Waals surface area contributed by atoms with Crippen LogP contribution in [0, 0.1) is 18.7 Å². The van der Waals surface area contributed by atoms with Gasteiger partial charge in [-0.05, 0) is 78.6 Å². The molecular formula is C36H43FIN3O2. The average Bonchev–Trinajstić information content (AvgIpc) is 3.44. The molecule has 1 N–H and O–H groups in total. The third-order valence-corrected chi connectivity index (χ3v) is 11.1. The van der Waals surface area contributed by atoms with E-state index >= 15 is 4.39 Å². The van der Waals surface area contributed by atoms with Crippen molar-refractivity contribution in [1.82, 2.24) is 9.80 Å². The predicted octanol–water partition coefficient (Wildman–Crippen LogP) is 7.64. The van der Waals surface area contributed by atoms with Crippen LogP contribution < -0.4 is 5.32 Å². The number of halogens is 2. The van der Waals surface area contributed by atoms with Crippen molar-refractivity contribution < 1.29 is 14.0 Å². The molecule has 228 valence electrons. The standard InChI is InChI=1S/C36H43FIN3O2/c1-24-9-6-13-31(37)32(24)35(43)41-19-8-12-30(34(42)39-29-11-7-10-27(21-29)36(2,3)4)33(41)26-16-14-25(15-17-26)22-40-20-18-28(23-40)38-5/h6-7,9-11,13-17,21,28,30,33H,5,8,12,18-20,22-23H2,1-4H3,(H,39,42)/t28-,30?,33+/m1/s1. The van der Waals surface area contributed by atoms with Crippen molar-refractivity contribution in [2.24, 2.45) is 5.92 Å². The fourth-order valence-electron chi connectivity index (χ4n) is 6.39. The predicted molar refractivity (Wildman–Crippen MR) is 183 cm³/mol. The summed E-state index contributed by atoms with van der Waals surface area (Å²) in [7, 11) is 0. The topological polar surface area (TPSA) is 52.7 Å². The minimum absolute atomic E-state index is 0.0173. The molecule has 0 radical (unpaired) electrons. The fourth-order valence-corrected chi connectivity index (χ4v) is 7.94. The van der Waals surface area contributed by atoms with Crippen LogP contribution in [0.5, 0.6) is 0 Å². The van der Waals surface area contributed by atoms with Crippen molar-refractivity contribution in [3.8, 4) is 0 Å². The van der Waals surface area contributed by atoms with E-state index in [1.54, 1.807) is 24.0 Å². The molecule has 0 aromatic heterocycles. The highest BCUT2D eigenvalue weighted by atomic mass is 127. The number of likely N-dealkylation sites (tertiary alicyclic amines) is 2. The number of hydrogen-bond donors (Lipinski definition) is 1. The number of hydrogen-bond acceptors (Lipinski definition) is 3. The maximum absolute atomic E-state index is 15.0. The summed E-state index contributed by atoms with van der Waals surface area (Å²) >= 11 is 0.0173. The molecule has 1 unspecified atom stereocenters. The Balaban J connectivity index is 1.45. The molecule has 2 amide bonds. The van der Waals surface area contributed by atoms with Gasteiger partial charge in [0.1, 0.15) is 5.82 Å². The highest BCUT2D eigenvalue weighted by molar-refractivity contribution is 14.2. The SMILES string of the molecule is C=I[C@@H]1CCN(Cc2ccc([C@H]3C(C(=O)Nc4cccc(C(C)(C)C)c4)CCCN3C(=O)c3c(C)cccc3F)cc2)C1. The molecule has 2 saturated heterocycles. The third kappa shape index (κ3) is 7.26. The number of nitrogens with one attached hydrogen (secondary N) is 1. The lowest BCUT2D eigenvalue weighted by Crippen LogP contribution is -2.46. The van der Waals surface area contributed by atoms with Crippen molar-refractivity contribution in [1.29, 1.82) is 0 Å². The molecule has 0 spiro atoms. The largest absolute Gasteiger partial charge is 0.331 e. The Morgan fingerprint density at radius 1 is 1.02 bits per heavy atom. The van der Waals surface area contributed by atoms with Gasteiger partial charge in [0.25, 0.3) is 5.91 Å². The second-order valence-electron chi connectivity index (χ2n) is 13.0. The van der Waals surface area contributed by atoms with Crippen LogP contribution in [0.3, 0.4) is 0 Å². The van der Waals surface area contributed by atoms with Crippen molar-refractivity contribution >= 4 is 42.7 Å². The highest BCUT2D eigenvalue weighted by Gasteiger charge is 2.40. The Morgan fingerprint density at radius 2 is 1.77 bits per heavy atom. The Hall–Kier alpha value is -2.91. The van der Waals surface area contributed by atoms with E-state index in [1.165, 1.54) is 18.1 Å². The molecule has 0 bridgehead atoms. The summed E-state index contributed by atoms with van der Waals surface area (Å²) in [6, 6.07) is 20.5. The van der Waals surface area contributed by atoms with Crippen molar-refractivity contribution in [3.63, 3.8) is 0 Å². The lowest BCUT2D eigenvalue weighted by Gasteiger charge is -2.41. The molecule has 2 heterocycles. The summed E-state index contributed by atoms with van der Waals surface area (Å²) in [6.45, 7) is 11.8. The number of alkyl halides is 1. The maximum atomic E-state index is 15.0. The fraction of sp³-hybridized carbons (Fsp3) is 0.417. The number of rotatable bonds is 7. The van der Waals surface area contributed by atoms with E-state index in [0.717, 1.165) is 40.4 Å². The van der Waals surface area contributed by atoms with Crippen molar-refractivity contribution in [2.75, 3.05) is 25.0 Å². The van der Waals surface area contributed by atoms with Gasteiger partial charge in [-0.3, -0.25) is 14.5 Å². The zero-order valence-electron chi connectivity index (χ0n) is 25.7. The zero-order chi connectivity index (χ0) is 30.7. The van der Waals surface area contributed by atoms with Crippen LogP contribution in [0.4, 0.5) is 10.1 Å². The van der Waals surface area contributed by atoms with E-state index in [-0.39, 0.29) is 43.5 Å². The van der Waals surface area contributed by atoms with Gasteiger partial charge in [-0.25, -0.2) is 4.39 Å². The average molecular weight is 696 g/mol. The molecule has 3 atom stereocenters. The van der Waals surface area contributed by atoms with Gasteiger partial charge in [-0.15, -0.1) is 20.7 Å². The van der Waals surface area contributed by atoms with Gasteiger partial charge >= 0.3 is 0 Å². The number of piperidine rings is 1. The van der Waals surface area contributed by atoms with Gasteiger partial charge < -0.3 is 10.2 Å². The summed E-state index contributed by atoms with van der Waals surface area (Å²) < 4.78 is 20.0. The quantitative estimate of drug-likeness (QED) is 0.204. The van der Waals surface area contributed by atoms with E-state index in [2.05, 4.69) is 65.8 Å². The summed E-state index contributed by atoms with van der Waals surface area (Å²) in [5.74, 6) is -1.49. The first-order chi connectivity index (χ1) is 20.5. The number of anilines is 1. The molecule has 0 aliphatic carbocycles. The number of carbonyl (C=O) groups is 2. The van der Waals surface area contributed by atoms with E-state index in [4.69, 9.17) is 0 Å². The van der Waals surface area contributed by atoms with Crippen LogP contribution in [0.15, 0.2) is 66.7 Å². The highest BCUT2D eigenvalue weighted by Crippen LogP contribution is 2.39.